The van der Waals surface area contributed by atoms with Gasteiger partial charge in [0.15, 0.2) is 0 Å². The molecule has 1 heteroatoms. The van der Waals surface area contributed by atoms with Gasteiger partial charge in [-0.2, -0.15) is 0 Å². The van der Waals surface area contributed by atoms with E-state index >= 15 is 0 Å². The minimum absolute atomic E-state index is 0.570. The van der Waals surface area contributed by atoms with Crippen molar-refractivity contribution in [1.82, 2.24) is 4.90 Å². The van der Waals surface area contributed by atoms with Crippen LogP contribution in [-0.4, -0.2) is 17.5 Å². The molecule has 1 aromatic carbocycles. The Morgan fingerprint density at radius 3 is 2.75 bits per heavy atom. The molecule has 82 valence electrons. The molecule has 4 atom stereocenters. The van der Waals surface area contributed by atoms with Gasteiger partial charge in [-0.3, -0.25) is 4.90 Å². The first-order chi connectivity index (χ1) is 7.81. The van der Waals surface area contributed by atoms with E-state index in [1.165, 1.54) is 18.5 Å². The topological polar surface area (TPSA) is 3.24 Å². The summed E-state index contributed by atoms with van der Waals surface area (Å²) in [5, 5.41) is 0. The quantitative estimate of drug-likeness (QED) is 0.680. The predicted octanol–water partition coefficient (Wildman–Crippen LogP) is 3.01. The van der Waals surface area contributed by atoms with Crippen molar-refractivity contribution in [3.8, 4) is 0 Å². The third kappa shape index (κ3) is 0.952. The summed E-state index contributed by atoms with van der Waals surface area (Å²) in [4.78, 5) is 2.68. The molecule has 0 N–H and O–H groups in total. The maximum absolute atomic E-state index is 2.68. The molecule has 2 fully saturated rings. The Bertz CT molecular complexity index is 450. The van der Waals surface area contributed by atoms with Crippen LogP contribution in [0.3, 0.4) is 0 Å². The Morgan fingerprint density at radius 2 is 2.12 bits per heavy atom. The van der Waals surface area contributed by atoms with Gasteiger partial charge in [0.2, 0.25) is 0 Å². The van der Waals surface area contributed by atoms with E-state index in [1.807, 2.05) is 0 Å². The Morgan fingerprint density at radius 1 is 1.31 bits per heavy atom. The molecule has 1 aliphatic heterocycles. The molecule has 1 heterocycles. The second kappa shape index (κ2) is 2.78. The van der Waals surface area contributed by atoms with Gasteiger partial charge in [-0.1, -0.05) is 42.5 Å². The third-order valence-corrected chi connectivity index (χ3v) is 4.91. The van der Waals surface area contributed by atoms with Crippen molar-refractivity contribution < 1.29 is 0 Å². The van der Waals surface area contributed by atoms with Crippen LogP contribution in [0.25, 0.3) is 0 Å². The number of nitrogens with zero attached hydrogens (tertiary/aromatic N) is 1. The molecule has 0 bridgehead atoms. The van der Waals surface area contributed by atoms with Crippen LogP contribution in [0.15, 0.2) is 42.5 Å². The first kappa shape index (κ1) is 9.00. The van der Waals surface area contributed by atoms with Crippen molar-refractivity contribution in [2.45, 2.75) is 25.4 Å². The monoisotopic (exact) mass is 211 g/mol. The fourth-order valence-electron chi connectivity index (χ4n) is 3.71. The van der Waals surface area contributed by atoms with Crippen LogP contribution in [0.2, 0.25) is 0 Å². The van der Waals surface area contributed by atoms with E-state index in [1.54, 1.807) is 0 Å². The number of hydrogen-bond donors (Lipinski definition) is 0. The average Bonchev–Trinajstić information content (AvgIpc) is 2.99. The normalized spacial score (nSPS) is 41.1. The summed E-state index contributed by atoms with van der Waals surface area (Å²) >= 11 is 0. The first-order valence-corrected chi connectivity index (χ1v) is 6.31. The molecule has 4 rings (SSSR count). The van der Waals surface area contributed by atoms with E-state index in [-0.39, 0.29) is 0 Å². The molecular weight excluding hydrogens is 194 g/mol. The fourth-order valence-corrected chi connectivity index (χ4v) is 3.71. The Hall–Kier alpha value is -1.08. The van der Waals surface area contributed by atoms with Crippen LogP contribution in [0.1, 0.15) is 24.9 Å². The van der Waals surface area contributed by atoms with Gasteiger partial charge < -0.3 is 0 Å². The second-order valence-electron chi connectivity index (χ2n) is 5.60. The van der Waals surface area contributed by atoms with Gasteiger partial charge in [-0.15, -0.1) is 0 Å². The van der Waals surface area contributed by atoms with Gasteiger partial charge in [0, 0.05) is 24.0 Å². The van der Waals surface area contributed by atoms with E-state index in [2.05, 4.69) is 54.3 Å². The maximum Gasteiger partial charge on any atom is 0.0378 e. The van der Waals surface area contributed by atoms with Crippen LogP contribution < -0.4 is 0 Å². The summed E-state index contributed by atoms with van der Waals surface area (Å²) in [7, 11) is 0. The molecule has 0 aromatic heterocycles. The van der Waals surface area contributed by atoms with Crippen molar-refractivity contribution in [2.75, 3.05) is 6.54 Å². The van der Waals surface area contributed by atoms with Crippen molar-refractivity contribution in [3.63, 3.8) is 0 Å². The van der Waals surface area contributed by atoms with Crippen molar-refractivity contribution in [2.24, 2.45) is 11.3 Å². The van der Waals surface area contributed by atoms with Gasteiger partial charge in [0.1, 0.15) is 0 Å². The average molecular weight is 211 g/mol. The lowest BCUT2D eigenvalue weighted by Crippen LogP contribution is -2.40. The number of rotatable bonds is 2. The Labute approximate surface area is 96.8 Å². The van der Waals surface area contributed by atoms with E-state index in [9.17, 15) is 0 Å². The Kier molecular flexibility index (Phi) is 1.56. The zero-order valence-corrected chi connectivity index (χ0v) is 9.63. The van der Waals surface area contributed by atoms with Crippen LogP contribution in [0.5, 0.6) is 0 Å². The Balaban J connectivity index is 1.62. The van der Waals surface area contributed by atoms with Crippen molar-refractivity contribution >= 4 is 0 Å². The summed E-state index contributed by atoms with van der Waals surface area (Å²) in [5.74, 6) is 0.966. The first-order valence-electron chi connectivity index (χ1n) is 6.31. The summed E-state index contributed by atoms with van der Waals surface area (Å²) < 4.78 is 0. The van der Waals surface area contributed by atoms with Crippen LogP contribution in [0, 0.1) is 11.3 Å². The number of likely N-dealkylation sites (tertiary alicyclic amines) is 1. The van der Waals surface area contributed by atoms with Crippen LogP contribution >= 0.6 is 0 Å². The molecule has 3 aliphatic rings. The molecule has 0 amide bonds. The molecular formula is C15H17N. The summed E-state index contributed by atoms with van der Waals surface area (Å²) in [6.07, 6.45) is 6.32. The van der Waals surface area contributed by atoms with E-state index in [4.69, 9.17) is 0 Å². The third-order valence-electron chi connectivity index (χ3n) is 4.91. The fraction of sp³-hybridized carbons (Fsp3) is 0.467. The van der Waals surface area contributed by atoms with Gasteiger partial charge >= 0.3 is 0 Å². The minimum atomic E-state index is 0.570. The summed E-state index contributed by atoms with van der Waals surface area (Å²) in [5.41, 5.74) is 2.09. The molecule has 1 saturated heterocycles. The lowest BCUT2D eigenvalue weighted by Gasteiger charge is -2.38. The lowest BCUT2D eigenvalue weighted by molar-refractivity contribution is 0.168. The number of hydrogen-bond acceptors (Lipinski definition) is 1. The van der Waals surface area contributed by atoms with Gasteiger partial charge in [0.25, 0.3) is 0 Å². The highest BCUT2D eigenvalue weighted by Crippen LogP contribution is 2.68. The molecule has 0 radical (unpaired) electrons. The molecule has 1 aromatic rings. The maximum atomic E-state index is 2.68. The standard InChI is InChI=1S/C15H17N/c1-11(12-5-3-2-4-6-12)16-10-13-9-15(13)8-7-14(15)16/h2-8,11,13-14H,9-10H2,1H3/t11-,13?,14?,15?/m1/s1. The van der Waals surface area contributed by atoms with Gasteiger partial charge in [-0.25, -0.2) is 0 Å². The van der Waals surface area contributed by atoms with E-state index in [0.717, 1.165) is 12.0 Å². The second-order valence-corrected chi connectivity index (χ2v) is 5.60. The summed E-state index contributed by atoms with van der Waals surface area (Å²) in [6.45, 7) is 3.65. The number of piperidine rings is 1. The van der Waals surface area contributed by atoms with Gasteiger partial charge in [0.05, 0.1) is 0 Å². The highest BCUT2D eigenvalue weighted by Gasteiger charge is 2.67. The zero-order chi connectivity index (χ0) is 10.8. The van der Waals surface area contributed by atoms with E-state index < -0.39 is 0 Å². The molecule has 1 nitrogen and oxygen atoms in total. The molecule has 2 aliphatic carbocycles. The zero-order valence-electron chi connectivity index (χ0n) is 9.63. The molecule has 3 unspecified atom stereocenters. The predicted molar refractivity (Wildman–Crippen MR) is 65.0 cm³/mol. The molecule has 1 saturated carbocycles. The highest BCUT2D eigenvalue weighted by atomic mass is 15.3. The highest BCUT2D eigenvalue weighted by molar-refractivity contribution is 5.38. The molecule has 1 spiro atoms. The van der Waals surface area contributed by atoms with Crippen molar-refractivity contribution in [1.29, 1.82) is 0 Å². The van der Waals surface area contributed by atoms with E-state index in [0.29, 0.717) is 11.5 Å². The van der Waals surface area contributed by atoms with Crippen LogP contribution in [0.4, 0.5) is 0 Å². The smallest absolute Gasteiger partial charge is 0.0378 e. The van der Waals surface area contributed by atoms with Gasteiger partial charge in [-0.05, 0) is 24.8 Å². The summed E-state index contributed by atoms with van der Waals surface area (Å²) in [6, 6.07) is 12.2. The van der Waals surface area contributed by atoms with Crippen molar-refractivity contribution in [3.05, 3.63) is 48.0 Å². The lowest BCUT2D eigenvalue weighted by atomic mass is 9.84. The van der Waals surface area contributed by atoms with Crippen LogP contribution in [-0.2, 0) is 0 Å². The largest absolute Gasteiger partial charge is 0.289 e. The molecule has 16 heavy (non-hydrogen) atoms. The minimum Gasteiger partial charge on any atom is -0.289 e. The number of benzene rings is 1. The SMILES string of the molecule is C[C@H](c1ccccc1)N1CC2CC23C=CC13.